The molecule has 0 radical (unpaired) electrons. The number of fused-ring (bicyclic) bond motifs is 2. The fraction of sp³-hybridized carbons (Fsp3) is 0.300. The Labute approximate surface area is 156 Å². The van der Waals surface area contributed by atoms with Crippen LogP contribution in [0.5, 0.6) is 11.5 Å². The van der Waals surface area contributed by atoms with Gasteiger partial charge in [0.2, 0.25) is 16.6 Å². The number of carbonyl (C=O) groups is 2. The van der Waals surface area contributed by atoms with Gasteiger partial charge in [-0.15, -0.1) is 0 Å². The number of hydrogen-bond acceptors (Lipinski definition) is 4. The lowest BCUT2D eigenvalue weighted by Gasteiger charge is -2.27. The molecule has 2 aromatic rings. The van der Waals surface area contributed by atoms with E-state index < -0.39 is 16.6 Å². The molecule has 0 saturated carbocycles. The van der Waals surface area contributed by atoms with Crippen LogP contribution in [0, 0.1) is 0 Å². The van der Waals surface area contributed by atoms with Crippen LogP contribution in [0.4, 0.5) is 0 Å². The van der Waals surface area contributed by atoms with E-state index in [4.69, 9.17) is 8.85 Å². The zero-order chi connectivity index (χ0) is 19.3. The van der Waals surface area contributed by atoms with Gasteiger partial charge in [-0.2, -0.15) is 0 Å². The van der Waals surface area contributed by atoms with Crippen LogP contribution in [0.15, 0.2) is 36.4 Å². The van der Waals surface area contributed by atoms with Crippen LogP contribution < -0.4 is 8.85 Å². The first-order valence-electron chi connectivity index (χ1n) is 8.71. The van der Waals surface area contributed by atoms with Crippen LogP contribution in [0.2, 0.25) is 39.3 Å². The van der Waals surface area contributed by atoms with E-state index in [1.165, 1.54) is 0 Å². The molecule has 136 valence electrons. The largest absolute Gasteiger partial charge is 0.544 e. The highest BCUT2D eigenvalue weighted by Gasteiger charge is 2.34. The Morgan fingerprint density at radius 2 is 1.23 bits per heavy atom. The van der Waals surface area contributed by atoms with Gasteiger partial charge in [0.05, 0.1) is 5.56 Å². The Morgan fingerprint density at radius 3 is 1.77 bits per heavy atom. The molecule has 0 heterocycles. The van der Waals surface area contributed by atoms with Crippen LogP contribution in [-0.2, 0) is 0 Å². The van der Waals surface area contributed by atoms with Gasteiger partial charge in [-0.05, 0) is 45.3 Å². The van der Waals surface area contributed by atoms with Crippen molar-refractivity contribution in [3.63, 3.8) is 0 Å². The highest BCUT2D eigenvalue weighted by molar-refractivity contribution is 6.71. The first kappa shape index (κ1) is 18.6. The minimum absolute atomic E-state index is 0.156. The molecular weight excluding hydrogens is 360 g/mol. The third-order valence-corrected chi connectivity index (χ3v) is 5.48. The molecule has 0 saturated heterocycles. The van der Waals surface area contributed by atoms with Crippen molar-refractivity contribution >= 4 is 28.2 Å². The highest BCUT2D eigenvalue weighted by Crippen LogP contribution is 2.38. The molecular formula is C20H24O4Si2. The second-order valence-electron chi connectivity index (χ2n) is 8.48. The van der Waals surface area contributed by atoms with Gasteiger partial charge in [-0.1, -0.05) is 24.3 Å². The van der Waals surface area contributed by atoms with E-state index in [0.29, 0.717) is 33.8 Å². The van der Waals surface area contributed by atoms with Crippen LogP contribution in [0.3, 0.4) is 0 Å². The van der Waals surface area contributed by atoms with Gasteiger partial charge in [0.15, 0.2) is 11.6 Å². The van der Waals surface area contributed by atoms with Crippen molar-refractivity contribution in [2.24, 2.45) is 0 Å². The second kappa shape index (κ2) is 6.21. The summed E-state index contributed by atoms with van der Waals surface area (Å²) in [5.74, 6) is 0.735. The van der Waals surface area contributed by atoms with Gasteiger partial charge >= 0.3 is 0 Å². The Bertz CT molecular complexity index is 905. The summed E-state index contributed by atoms with van der Waals surface area (Å²) in [4.78, 5) is 26.2. The normalized spacial score (nSPS) is 13.9. The van der Waals surface area contributed by atoms with Crippen molar-refractivity contribution in [2.75, 3.05) is 0 Å². The number of hydrogen-bond donors (Lipinski definition) is 0. The van der Waals surface area contributed by atoms with Crippen molar-refractivity contribution < 1.29 is 18.4 Å². The van der Waals surface area contributed by atoms with Gasteiger partial charge in [0.25, 0.3) is 0 Å². The molecule has 4 nitrogen and oxygen atoms in total. The van der Waals surface area contributed by atoms with E-state index in [2.05, 4.69) is 39.3 Å². The van der Waals surface area contributed by atoms with E-state index >= 15 is 0 Å². The third-order valence-electron chi connectivity index (χ3n) is 3.80. The van der Waals surface area contributed by atoms with Crippen LogP contribution in [-0.4, -0.2) is 28.2 Å². The van der Waals surface area contributed by atoms with Crippen LogP contribution in [0.1, 0.15) is 31.8 Å². The lowest BCUT2D eigenvalue weighted by molar-refractivity contribution is 0.0977. The van der Waals surface area contributed by atoms with Crippen molar-refractivity contribution in [1.29, 1.82) is 0 Å². The molecule has 0 aliphatic heterocycles. The highest BCUT2D eigenvalue weighted by atomic mass is 28.4. The van der Waals surface area contributed by atoms with E-state index in [1.807, 2.05) is 0 Å². The maximum atomic E-state index is 13.1. The summed E-state index contributed by atoms with van der Waals surface area (Å²) in [6.45, 7) is 12.4. The Hall–Kier alpha value is -2.19. The summed E-state index contributed by atoms with van der Waals surface area (Å²) >= 11 is 0. The summed E-state index contributed by atoms with van der Waals surface area (Å²) in [6, 6.07) is 10.4. The van der Waals surface area contributed by atoms with E-state index in [9.17, 15) is 9.59 Å². The van der Waals surface area contributed by atoms with E-state index in [-0.39, 0.29) is 11.6 Å². The van der Waals surface area contributed by atoms with Crippen LogP contribution in [0.25, 0.3) is 0 Å². The predicted octanol–water partition coefficient (Wildman–Crippen LogP) is 4.89. The quantitative estimate of drug-likeness (QED) is 0.601. The smallest absolute Gasteiger partial charge is 0.242 e. The average Bonchev–Trinajstić information content (AvgIpc) is 2.49. The first-order valence-corrected chi connectivity index (χ1v) is 15.5. The minimum Gasteiger partial charge on any atom is -0.544 e. The Morgan fingerprint density at radius 1 is 0.692 bits per heavy atom. The molecule has 0 N–H and O–H groups in total. The zero-order valence-electron chi connectivity index (χ0n) is 16.1. The molecule has 0 unspecified atom stereocenters. The monoisotopic (exact) mass is 384 g/mol. The topological polar surface area (TPSA) is 52.6 Å². The summed E-state index contributed by atoms with van der Waals surface area (Å²) in [6.07, 6.45) is 0. The average molecular weight is 385 g/mol. The second-order valence-corrected chi connectivity index (χ2v) is 17.3. The predicted molar refractivity (Wildman–Crippen MR) is 108 cm³/mol. The van der Waals surface area contributed by atoms with Gasteiger partial charge in [-0.25, -0.2) is 0 Å². The fourth-order valence-corrected chi connectivity index (χ4v) is 4.63. The lowest BCUT2D eigenvalue weighted by atomic mass is 9.83. The first-order chi connectivity index (χ1) is 12.0. The molecule has 1 aliphatic rings. The molecule has 0 atom stereocenters. The molecule has 0 fully saturated rings. The van der Waals surface area contributed by atoms with Crippen LogP contribution >= 0.6 is 0 Å². The molecule has 0 amide bonds. The minimum atomic E-state index is -1.99. The summed E-state index contributed by atoms with van der Waals surface area (Å²) in [7, 11) is -3.87. The standard InChI is InChI=1S/C20H24O4Si2/c1-25(2,3)23-13-11-16-18(17(12-13)24-26(4,5)6)20(22)15-10-8-7-9-14(15)19(16)21/h7-12H,1-6H3. The number of carbonyl (C=O) groups excluding carboxylic acids is 2. The van der Waals surface area contributed by atoms with Gasteiger partial charge in [-0.3, -0.25) is 9.59 Å². The molecule has 26 heavy (non-hydrogen) atoms. The maximum absolute atomic E-state index is 13.1. The summed E-state index contributed by atoms with van der Waals surface area (Å²) in [5, 5.41) is 0. The molecule has 0 aromatic heterocycles. The SMILES string of the molecule is C[Si](C)(C)Oc1cc(O[Si](C)(C)C)c2c(c1)C(=O)c1ccccc1C2=O. The van der Waals surface area contributed by atoms with Crippen molar-refractivity contribution in [2.45, 2.75) is 39.3 Å². The number of ketones is 2. The molecule has 0 bridgehead atoms. The van der Waals surface area contributed by atoms with Crippen molar-refractivity contribution in [1.82, 2.24) is 0 Å². The molecule has 3 rings (SSSR count). The molecule has 2 aromatic carbocycles. The third kappa shape index (κ3) is 3.66. The molecule has 0 spiro atoms. The fourth-order valence-electron chi connectivity index (χ4n) is 2.99. The van der Waals surface area contributed by atoms with E-state index in [0.717, 1.165) is 0 Å². The van der Waals surface area contributed by atoms with Crippen molar-refractivity contribution in [3.8, 4) is 11.5 Å². The zero-order valence-corrected chi connectivity index (χ0v) is 18.1. The molecule has 1 aliphatic carbocycles. The number of rotatable bonds is 4. The molecule has 6 heteroatoms. The maximum Gasteiger partial charge on any atom is 0.242 e. The summed E-state index contributed by atoms with van der Waals surface area (Å²) in [5.41, 5.74) is 1.61. The lowest BCUT2D eigenvalue weighted by Crippen LogP contribution is -2.32. The number of benzene rings is 2. The van der Waals surface area contributed by atoms with Crippen molar-refractivity contribution in [3.05, 3.63) is 58.7 Å². The van der Waals surface area contributed by atoms with Gasteiger partial charge in [0.1, 0.15) is 11.5 Å². The Kier molecular flexibility index (Phi) is 4.44. The van der Waals surface area contributed by atoms with E-state index in [1.54, 1.807) is 36.4 Å². The van der Waals surface area contributed by atoms with Gasteiger partial charge < -0.3 is 8.85 Å². The Balaban J connectivity index is 2.23. The van der Waals surface area contributed by atoms with Gasteiger partial charge in [0, 0.05) is 22.8 Å². The summed E-state index contributed by atoms with van der Waals surface area (Å²) < 4.78 is 12.3.